The van der Waals surface area contributed by atoms with Crippen molar-refractivity contribution in [2.24, 2.45) is 23.7 Å². The van der Waals surface area contributed by atoms with Crippen LogP contribution in [0.15, 0.2) is 60.7 Å². The predicted molar refractivity (Wildman–Crippen MR) is 105 cm³/mol. The molecule has 2 aromatic carbocycles. The lowest BCUT2D eigenvalue weighted by atomic mass is 9.85. The maximum absolute atomic E-state index is 12.9. The number of nitro benzene ring substituents is 1. The van der Waals surface area contributed by atoms with Crippen molar-refractivity contribution in [3.63, 3.8) is 0 Å². The number of ether oxygens (including phenoxy) is 1. The molecule has 5 rings (SSSR count). The van der Waals surface area contributed by atoms with Crippen LogP contribution in [0.5, 0.6) is 5.75 Å². The molecule has 150 valence electrons. The minimum Gasteiger partial charge on any atom is -0.423 e. The normalized spacial score (nSPS) is 26.2. The topological polar surface area (TPSA) is 107 Å². The van der Waals surface area contributed by atoms with E-state index in [1.165, 1.54) is 35.2 Å². The van der Waals surface area contributed by atoms with Crippen LogP contribution in [-0.4, -0.2) is 22.7 Å². The van der Waals surface area contributed by atoms with Crippen molar-refractivity contribution < 1.29 is 24.0 Å². The summed E-state index contributed by atoms with van der Waals surface area (Å²) in [5.41, 5.74) is 0.157. The molecular weight excluding hydrogens is 388 g/mol. The molecule has 2 aliphatic carbocycles. The second-order valence-corrected chi connectivity index (χ2v) is 7.71. The maximum Gasteiger partial charge on any atom is 0.343 e. The van der Waals surface area contributed by atoms with Crippen molar-refractivity contribution in [2.45, 2.75) is 6.42 Å². The van der Waals surface area contributed by atoms with Crippen LogP contribution in [0, 0.1) is 33.8 Å². The van der Waals surface area contributed by atoms with Gasteiger partial charge in [0.15, 0.2) is 0 Å². The average molecular weight is 404 g/mol. The molecule has 2 aromatic rings. The molecule has 0 unspecified atom stereocenters. The van der Waals surface area contributed by atoms with E-state index in [2.05, 4.69) is 0 Å². The fourth-order valence-corrected chi connectivity index (χ4v) is 4.76. The Balaban J connectivity index is 1.38. The third-order valence-electron chi connectivity index (χ3n) is 6.05. The van der Waals surface area contributed by atoms with E-state index in [-0.39, 0.29) is 52.5 Å². The van der Waals surface area contributed by atoms with Crippen LogP contribution in [0.4, 0.5) is 11.4 Å². The summed E-state index contributed by atoms with van der Waals surface area (Å²) in [7, 11) is 0. The fraction of sp³-hybridized carbons (Fsp3) is 0.227. The van der Waals surface area contributed by atoms with Crippen molar-refractivity contribution >= 4 is 29.2 Å². The highest BCUT2D eigenvalue weighted by Gasteiger charge is 2.59. The van der Waals surface area contributed by atoms with E-state index in [0.717, 1.165) is 12.5 Å². The number of nitrogens with zero attached hydrogens (tertiary/aromatic N) is 2. The number of benzene rings is 2. The molecule has 1 heterocycles. The number of allylic oxidation sites excluding steroid dienone is 2. The third kappa shape index (κ3) is 2.72. The lowest BCUT2D eigenvalue weighted by Crippen LogP contribution is -2.32. The molecule has 0 N–H and O–H groups in total. The third-order valence-corrected chi connectivity index (χ3v) is 6.05. The van der Waals surface area contributed by atoms with Gasteiger partial charge >= 0.3 is 5.97 Å². The van der Waals surface area contributed by atoms with Gasteiger partial charge < -0.3 is 4.74 Å². The first-order chi connectivity index (χ1) is 14.4. The monoisotopic (exact) mass is 404 g/mol. The van der Waals surface area contributed by atoms with Crippen molar-refractivity contribution in [3.05, 3.63) is 76.4 Å². The van der Waals surface area contributed by atoms with Crippen LogP contribution in [-0.2, 0) is 9.59 Å². The smallest absolute Gasteiger partial charge is 0.343 e. The molecule has 2 amide bonds. The lowest BCUT2D eigenvalue weighted by Gasteiger charge is -2.18. The van der Waals surface area contributed by atoms with E-state index in [1.807, 2.05) is 12.2 Å². The van der Waals surface area contributed by atoms with Crippen LogP contribution in [0.25, 0.3) is 0 Å². The van der Waals surface area contributed by atoms with E-state index < -0.39 is 10.9 Å². The fourth-order valence-electron chi connectivity index (χ4n) is 4.76. The molecule has 8 heteroatoms. The summed E-state index contributed by atoms with van der Waals surface area (Å²) in [5, 5.41) is 10.9. The number of nitro groups is 1. The van der Waals surface area contributed by atoms with Crippen molar-refractivity contribution in [1.82, 2.24) is 0 Å². The molecule has 1 saturated carbocycles. The average Bonchev–Trinajstić information content (AvgIpc) is 3.42. The Labute approximate surface area is 170 Å². The molecule has 30 heavy (non-hydrogen) atoms. The van der Waals surface area contributed by atoms with E-state index >= 15 is 0 Å². The number of imide groups is 1. The summed E-state index contributed by atoms with van der Waals surface area (Å²) >= 11 is 0. The first-order valence-electron chi connectivity index (χ1n) is 9.57. The van der Waals surface area contributed by atoms with Gasteiger partial charge in [0.05, 0.1) is 28.0 Å². The molecule has 3 aliphatic rings. The number of amides is 2. The van der Waals surface area contributed by atoms with Gasteiger partial charge in [-0.1, -0.05) is 24.3 Å². The first-order valence-corrected chi connectivity index (χ1v) is 9.57. The molecule has 8 nitrogen and oxygen atoms in total. The molecule has 0 aromatic heterocycles. The molecule has 4 atom stereocenters. The van der Waals surface area contributed by atoms with Crippen LogP contribution in [0.3, 0.4) is 0 Å². The second-order valence-electron chi connectivity index (χ2n) is 7.71. The van der Waals surface area contributed by atoms with Crippen LogP contribution in [0.1, 0.15) is 16.8 Å². The Morgan fingerprint density at radius 2 is 1.67 bits per heavy atom. The Bertz CT molecular complexity index is 1110. The van der Waals surface area contributed by atoms with Gasteiger partial charge in [-0.05, 0) is 36.5 Å². The molecular formula is C22H16N2O6. The zero-order chi connectivity index (χ0) is 21.0. The van der Waals surface area contributed by atoms with Crippen LogP contribution >= 0.6 is 0 Å². The highest BCUT2D eigenvalue weighted by molar-refractivity contribution is 6.22. The van der Waals surface area contributed by atoms with Gasteiger partial charge in [0.25, 0.3) is 5.69 Å². The van der Waals surface area contributed by atoms with E-state index in [0.29, 0.717) is 5.69 Å². The highest BCUT2D eigenvalue weighted by Crippen LogP contribution is 2.53. The molecule has 2 fully saturated rings. The number of hydrogen-bond acceptors (Lipinski definition) is 6. The number of carbonyl (C=O) groups is 3. The zero-order valence-corrected chi connectivity index (χ0v) is 15.6. The quantitative estimate of drug-likeness (QED) is 0.194. The molecule has 1 saturated heterocycles. The van der Waals surface area contributed by atoms with Gasteiger partial charge in [0.2, 0.25) is 11.8 Å². The lowest BCUT2D eigenvalue weighted by molar-refractivity contribution is -0.384. The van der Waals surface area contributed by atoms with Crippen molar-refractivity contribution in [1.29, 1.82) is 0 Å². The number of esters is 1. The SMILES string of the molecule is O=C(Oc1cccc(N2C(=O)[C@@H]3[C@@H](C2=O)[C@H]2C=C[C@@H]3C2)c1)c1cccc([N+](=O)[O-])c1. The number of anilines is 1. The summed E-state index contributed by atoms with van der Waals surface area (Å²) < 4.78 is 5.33. The van der Waals surface area contributed by atoms with E-state index in [9.17, 15) is 24.5 Å². The molecule has 2 bridgehead atoms. The standard InChI is InChI=1S/C22H16N2O6/c25-20-18-12-7-8-13(9-12)19(18)21(26)23(20)15-4-2-6-17(11-15)30-22(27)14-3-1-5-16(10-14)24(28)29/h1-8,10-13,18-19H,9H2/t12-,13+,18-,19-/m0/s1. The number of non-ortho nitro benzene ring substituents is 1. The van der Waals surface area contributed by atoms with Gasteiger partial charge in [-0.25, -0.2) is 9.69 Å². The van der Waals surface area contributed by atoms with Crippen LogP contribution in [0.2, 0.25) is 0 Å². The van der Waals surface area contributed by atoms with Gasteiger partial charge in [-0.3, -0.25) is 19.7 Å². The van der Waals surface area contributed by atoms with Gasteiger partial charge in [0.1, 0.15) is 5.75 Å². The summed E-state index contributed by atoms with van der Waals surface area (Å²) in [5.74, 6) is -1.48. The Kier molecular flexibility index (Phi) is 4.02. The van der Waals surface area contributed by atoms with E-state index in [4.69, 9.17) is 4.74 Å². The summed E-state index contributed by atoms with van der Waals surface area (Å²) in [6.45, 7) is 0. The minimum absolute atomic E-state index is 0.0279. The summed E-state index contributed by atoms with van der Waals surface area (Å²) in [6.07, 6.45) is 4.90. The van der Waals surface area contributed by atoms with Gasteiger partial charge in [-0.2, -0.15) is 0 Å². The number of rotatable bonds is 4. The summed E-state index contributed by atoms with van der Waals surface area (Å²) in [4.78, 5) is 49.8. The van der Waals surface area contributed by atoms with Crippen molar-refractivity contribution in [3.8, 4) is 5.75 Å². The van der Waals surface area contributed by atoms with E-state index in [1.54, 1.807) is 12.1 Å². The maximum atomic E-state index is 12.9. The number of fused-ring (bicyclic) bond motifs is 5. The van der Waals surface area contributed by atoms with Crippen LogP contribution < -0.4 is 9.64 Å². The van der Waals surface area contributed by atoms with Gasteiger partial charge in [0, 0.05) is 18.2 Å². The molecule has 1 aliphatic heterocycles. The number of carbonyl (C=O) groups excluding carboxylic acids is 3. The Hall–Kier alpha value is -3.81. The largest absolute Gasteiger partial charge is 0.423 e. The second kappa shape index (κ2) is 6.62. The molecule has 0 spiro atoms. The highest BCUT2D eigenvalue weighted by atomic mass is 16.6. The predicted octanol–water partition coefficient (Wildman–Crippen LogP) is 3.13. The van der Waals surface area contributed by atoms with Gasteiger partial charge in [-0.15, -0.1) is 0 Å². The zero-order valence-electron chi connectivity index (χ0n) is 15.6. The molecule has 0 radical (unpaired) electrons. The minimum atomic E-state index is -0.769. The first kappa shape index (κ1) is 18.2. The van der Waals surface area contributed by atoms with Crippen molar-refractivity contribution in [2.75, 3.05) is 4.90 Å². The number of hydrogen-bond donors (Lipinski definition) is 0. The Morgan fingerprint density at radius 1 is 1.00 bits per heavy atom. The Morgan fingerprint density at radius 3 is 2.33 bits per heavy atom. The summed E-state index contributed by atoms with van der Waals surface area (Å²) in [6, 6.07) is 11.4.